The Balaban J connectivity index is 1.46. The van der Waals surface area contributed by atoms with Gasteiger partial charge in [-0.05, 0) is 12.5 Å². The number of oxazole rings is 1. The molecule has 4 rings (SSSR count). The fourth-order valence-corrected chi connectivity index (χ4v) is 3.26. The van der Waals surface area contributed by atoms with Crippen molar-refractivity contribution in [3.05, 3.63) is 102 Å². The number of nitrogens with one attached hydrogen (secondary N) is 1. The highest BCUT2D eigenvalue weighted by Gasteiger charge is 2.17. The number of rotatable bonds is 7. The maximum atomic E-state index is 12.3. The standard InChI is InChI=1S/C26H24N2O2/c1-19-12-14-20(15-13-19)18-27-23(29)16-17-24-28-25(21-8-4-2-5-9-21)26(30-24)22-10-6-3-7-11-22/h2-15H,16-18H2,1H3,(H,27,29). The molecular weight excluding hydrogens is 372 g/mol. The van der Waals surface area contributed by atoms with Crippen molar-refractivity contribution in [2.24, 2.45) is 0 Å². The predicted molar refractivity (Wildman–Crippen MR) is 119 cm³/mol. The van der Waals surface area contributed by atoms with Crippen LogP contribution < -0.4 is 5.32 Å². The molecule has 1 heterocycles. The number of nitrogens with zero attached hydrogens (tertiary/aromatic N) is 1. The summed E-state index contributed by atoms with van der Waals surface area (Å²) in [6.45, 7) is 2.57. The molecule has 1 N–H and O–H groups in total. The van der Waals surface area contributed by atoms with Gasteiger partial charge in [-0.1, -0.05) is 90.5 Å². The van der Waals surface area contributed by atoms with Gasteiger partial charge in [0.2, 0.25) is 5.91 Å². The van der Waals surface area contributed by atoms with Crippen LogP contribution in [-0.2, 0) is 17.8 Å². The molecule has 0 radical (unpaired) electrons. The molecule has 0 atom stereocenters. The van der Waals surface area contributed by atoms with Gasteiger partial charge >= 0.3 is 0 Å². The third-order valence-corrected chi connectivity index (χ3v) is 4.93. The molecule has 1 amide bonds. The van der Waals surface area contributed by atoms with E-state index in [0.29, 0.717) is 25.3 Å². The molecule has 4 heteroatoms. The lowest BCUT2D eigenvalue weighted by atomic mass is 10.1. The van der Waals surface area contributed by atoms with Crippen molar-refractivity contribution in [2.75, 3.05) is 0 Å². The van der Waals surface area contributed by atoms with Crippen LogP contribution in [0.25, 0.3) is 22.6 Å². The van der Waals surface area contributed by atoms with Crippen molar-refractivity contribution in [2.45, 2.75) is 26.3 Å². The SMILES string of the molecule is Cc1ccc(CNC(=O)CCc2nc(-c3ccccc3)c(-c3ccccc3)o2)cc1. The van der Waals surface area contributed by atoms with E-state index in [1.54, 1.807) is 0 Å². The molecule has 0 bridgehead atoms. The summed E-state index contributed by atoms with van der Waals surface area (Å²) < 4.78 is 6.09. The minimum Gasteiger partial charge on any atom is -0.440 e. The lowest BCUT2D eigenvalue weighted by molar-refractivity contribution is -0.121. The lowest BCUT2D eigenvalue weighted by Crippen LogP contribution is -2.23. The van der Waals surface area contributed by atoms with Crippen molar-refractivity contribution in [1.82, 2.24) is 10.3 Å². The summed E-state index contributed by atoms with van der Waals surface area (Å²) in [6.07, 6.45) is 0.779. The first-order valence-corrected chi connectivity index (χ1v) is 10.1. The molecule has 0 fully saturated rings. The van der Waals surface area contributed by atoms with Crippen LogP contribution in [0.1, 0.15) is 23.4 Å². The van der Waals surface area contributed by atoms with Gasteiger partial charge in [-0.2, -0.15) is 0 Å². The van der Waals surface area contributed by atoms with E-state index in [1.807, 2.05) is 91.9 Å². The largest absolute Gasteiger partial charge is 0.440 e. The van der Waals surface area contributed by atoms with Crippen molar-refractivity contribution in [3.8, 4) is 22.6 Å². The highest BCUT2D eigenvalue weighted by molar-refractivity contribution is 5.77. The molecule has 4 nitrogen and oxygen atoms in total. The number of amides is 1. The minimum absolute atomic E-state index is 0.0173. The highest BCUT2D eigenvalue weighted by Crippen LogP contribution is 2.32. The number of carbonyl (C=O) groups excluding carboxylic acids is 1. The van der Waals surface area contributed by atoms with Gasteiger partial charge in [-0.3, -0.25) is 4.79 Å². The van der Waals surface area contributed by atoms with E-state index in [-0.39, 0.29) is 5.91 Å². The first kappa shape index (κ1) is 19.6. The van der Waals surface area contributed by atoms with Crippen LogP contribution in [0.2, 0.25) is 0 Å². The Morgan fingerprint density at radius 2 is 1.50 bits per heavy atom. The third-order valence-electron chi connectivity index (χ3n) is 4.93. The van der Waals surface area contributed by atoms with Gasteiger partial charge in [-0.25, -0.2) is 4.98 Å². The number of hydrogen-bond acceptors (Lipinski definition) is 3. The van der Waals surface area contributed by atoms with Gasteiger partial charge in [0.15, 0.2) is 11.7 Å². The zero-order chi connectivity index (χ0) is 20.8. The van der Waals surface area contributed by atoms with E-state index in [2.05, 4.69) is 5.32 Å². The van der Waals surface area contributed by atoms with Gasteiger partial charge in [0.1, 0.15) is 5.69 Å². The van der Waals surface area contributed by atoms with E-state index >= 15 is 0 Å². The molecule has 0 aliphatic carbocycles. The van der Waals surface area contributed by atoms with Crippen molar-refractivity contribution >= 4 is 5.91 Å². The minimum atomic E-state index is -0.0173. The summed E-state index contributed by atoms with van der Waals surface area (Å²) in [6, 6.07) is 28.1. The number of aromatic nitrogens is 1. The summed E-state index contributed by atoms with van der Waals surface area (Å²) in [4.78, 5) is 17.0. The van der Waals surface area contributed by atoms with E-state index in [0.717, 1.165) is 28.1 Å². The Hall–Kier alpha value is -3.66. The second kappa shape index (κ2) is 9.23. The molecular formula is C26H24N2O2. The zero-order valence-electron chi connectivity index (χ0n) is 17.0. The Morgan fingerprint density at radius 1 is 0.867 bits per heavy atom. The van der Waals surface area contributed by atoms with Crippen LogP contribution in [0.3, 0.4) is 0 Å². The Labute approximate surface area is 176 Å². The van der Waals surface area contributed by atoms with Crippen LogP contribution >= 0.6 is 0 Å². The van der Waals surface area contributed by atoms with Crippen molar-refractivity contribution in [1.29, 1.82) is 0 Å². The number of carbonyl (C=O) groups is 1. The molecule has 0 saturated heterocycles. The summed E-state index contributed by atoms with van der Waals surface area (Å²) in [5.41, 5.74) is 5.06. The average Bonchev–Trinajstić information content (AvgIpc) is 3.23. The molecule has 3 aromatic carbocycles. The summed E-state index contributed by atoms with van der Waals surface area (Å²) in [5, 5.41) is 2.97. The van der Waals surface area contributed by atoms with Crippen molar-refractivity contribution < 1.29 is 9.21 Å². The van der Waals surface area contributed by atoms with E-state index in [1.165, 1.54) is 5.56 Å². The molecule has 0 spiro atoms. The second-order valence-corrected chi connectivity index (χ2v) is 7.28. The Bertz CT molecular complexity index is 1040. The zero-order valence-corrected chi connectivity index (χ0v) is 17.0. The summed E-state index contributed by atoms with van der Waals surface area (Å²) in [7, 11) is 0. The first-order chi connectivity index (χ1) is 14.7. The van der Waals surface area contributed by atoms with Gasteiger partial charge < -0.3 is 9.73 Å². The normalized spacial score (nSPS) is 10.7. The summed E-state index contributed by atoms with van der Waals surface area (Å²) in [5.74, 6) is 1.28. The quantitative estimate of drug-likeness (QED) is 0.444. The van der Waals surface area contributed by atoms with Crippen LogP contribution in [0.15, 0.2) is 89.3 Å². The number of hydrogen-bond donors (Lipinski definition) is 1. The number of benzene rings is 3. The fourth-order valence-electron chi connectivity index (χ4n) is 3.26. The van der Waals surface area contributed by atoms with Gasteiger partial charge in [0.25, 0.3) is 0 Å². The molecule has 0 unspecified atom stereocenters. The van der Waals surface area contributed by atoms with Gasteiger partial charge in [0.05, 0.1) is 0 Å². The van der Waals surface area contributed by atoms with E-state index < -0.39 is 0 Å². The van der Waals surface area contributed by atoms with Crippen LogP contribution in [-0.4, -0.2) is 10.9 Å². The molecule has 1 aromatic heterocycles. The predicted octanol–water partition coefficient (Wildman–Crippen LogP) is 5.57. The average molecular weight is 396 g/mol. The fraction of sp³-hybridized carbons (Fsp3) is 0.154. The Kier molecular flexibility index (Phi) is 6.04. The van der Waals surface area contributed by atoms with Crippen LogP contribution in [0.4, 0.5) is 0 Å². The monoisotopic (exact) mass is 396 g/mol. The van der Waals surface area contributed by atoms with Crippen molar-refractivity contribution in [3.63, 3.8) is 0 Å². The molecule has 150 valence electrons. The van der Waals surface area contributed by atoms with Gasteiger partial charge in [-0.15, -0.1) is 0 Å². The highest BCUT2D eigenvalue weighted by atomic mass is 16.4. The molecule has 0 saturated carbocycles. The number of aryl methyl sites for hydroxylation is 2. The molecule has 4 aromatic rings. The molecule has 0 aliphatic rings. The maximum Gasteiger partial charge on any atom is 0.220 e. The van der Waals surface area contributed by atoms with Crippen LogP contribution in [0.5, 0.6) is 0 Å². The smallest absolute Gasteiger partial charge is 0.220 e. The van der Waals surface area contributed by atoms with Gasteiger partial charge in [0, 0.05) is 30.5 Å². The first-order valence-electron chi connectivity index (χ1n) is 10.1. The second-order valence-electron chi connectivity index (χ2n) is 7.28. The lowest BCUT2D eigenvalue weighted by Gasteiger charge is -2.05. The topological polar surface area (TPSA) is 55.1 Å². The maximum absolute atomic E-state index is 12.3. The third kappa shape index (κ3) is 4.84. The van der Waals surface area contributed by atoms with E-state index in [4.69, 9.17) is 9.40 Å². The summed E-state index contributed by atoms with van der Waals surface area (Å²) >= 11 is 0. The molecule has 30 heavy (non-hydrogen) atoms. The molecule has 0 aliphatic heterocycles. The van der Waals surface area contributed by atoms with E-state index in [9.17, 15) is 4.79 Å². The van der Waals surface area contributed by atoms with Crippen LogP contribution in [0, 0.1) is 6.92 Å². The Morgan fingerprint density at radius 3 is 2.17 bits per heavy atom.